The van der Waals surface area contributed by atoms with Crippen molar-refractivity contribution in [1.82, 2.24) is 0 Å². The fraction of sp³-hybridized carbons (Fsp3) is 0.143. The van der Waals surface area contributed by atoms with Crippen LogP contribution in [0.1, 0.15) is 9.67 Å². The van der Waals surface area contributed by atoms with Gasteiger partial charge in [0.15, 0.2) is 0 Å². The van der Waals surface area contributed by atoms with Gasteiger partial charge in [-0.25, -0.2) is 4.79 Å². The van der Waals surface area contributed by atoms with Crippen LogP contribution in [0, 0.1) is 0 Å². The summed E-state index contributed by atoms with van der Waals surface area (Å²) in [6.45, 7) is 0. The Morgan fingerprint density at radius 3 is 2.62 bits per heavy atom. The molecule has 1 aromatic carbocycles. The second-order valence-corrected chi connectivity index (χ2v) is 5.95. The first kappa shape index (κ1) is 15.4. The number of nitrogens with one attached hydrogen (secondary N) is 1. The van der Waals surface area contributed by atoms with E-state index >= 15 is 0 Å². The number of hydrogen-bond acceptors (Lipinski definition) is 5. The summed E-state index contributed by atoms with van der Waals surface area (Å²) >= 11 is 2.46. The van der Waals surface area contributed by atoms with Crippen LogP contribution >= 0.6 is 23.1 Å². The molecule has 0 atom stereocenters. The van der Waals surface area contributed by atoms with Crippen molar-refractivity contribution in [2.75, 3.05) is 18.2 Å². The maximum absolute atomic E-state index is 11.8. The van der Waals surface area contributed by atoms with E-state index in [1.807, 2.05) is 24.3 Å². The minimum absolute atomic E-state index is 0.137. The molecule has 7 heteroatoms. The van der Waals surface area contributed by atoms with Crippen LogP contribution in [0.3, 0.4) is 0 Å². The van der Waals surface area contributed by atoms with Crippen LogP contribution in [0.5, 0.6) is 5.75 Å². The van der Waals surface area contributed by atoms with Gasteiger partial charge < -0.3 is 15.2 Å². The highest BCUT2D eigenvalue weighted by Crippen LogP contribution is 2.24. The van der Waals surface area contributed by atoms with E-state index in [0.29, 0.717) is 5.69 Å². The average Bonchev–Trinajstić information content (AvgIpc) is 2.94. The molecule has 0 aliphatic rings. The molecule has 0 fully saturated rings. The molecule has 2 N–H and O–H groups in total. The number of thioether (sulfide) groups is 1. The van der Waals surface area contributed by atoms with E-state index in [4.69, 9.17) is 9.84 Å². The van der Waals surface area contributed by atoms with Crippen molar-refractivity contribution >= 4 is 40.7 Å². The van der Waals surface area contributed by atoms with Crippen molar-refractivity contribution in [3.8, 4) is 5.75 Å². The molecule has 110 valence electrons. The normalized spacial score (nSPS) is 10.1. The van der Waals surface area contributed by atoms with Gasteiger partial charge in [-0.05, 0) is 35.7 Å². The Morgan fingerprint density at radius 2 is 2.00 bits per heavy atom. The minimum atomic E-state index is -1.04. The standard InChI is InChI=1S/C14H13NO4S2/c1-19-9-2-4-10(5-3-9)21-8-12(16)15-11-6-7-20-13(11)14(17)18/h2-7H,8H2,1H3,(H,15,16)(H,17,18). The second-order valence-electron chi connectivity index (χ2n) is 3.98. The average molecular weight is 323 g/mol. The summed E-state index contributed by atoms with van der Waals surface area (Å²) in [5, 5.41) is 13.2. The predicted octanol–water partition coefficient (Wildman–Crippen LogP) is 3.19. The van der Waals surface area contributed by atoms with Gasteiger partial charge in [0.25, 0.3) is 0 Å². The number of aromatic carboxylic acids is 1. The number of carbonyl (C=O) groups is 2. The Kier molecular flexibility index (Phi) is 5.24. The van der Waals surface area contributed by atoms with Gasteiger partial charge in [-0.15, -0.1) is 23.1 Å². The smallest absolute Gasteiger partial charge is 0.348 e. The highest BCUT2D eigenvalue weighted by atomic mass is 32.2. The molecular weight excluding hydrogens is 310 g/mol. The third-order valence-corrected chi connectivity index (χ3v) is 4.48. The largest absolute Gasteiger partial charge is 0.497 e. The molecule has 0 radical (unpaired) electrons. The number of thiophene rings is 1. The van der Waals surface area contributed by atoms with Crippen LogP contribution in [-0.2, 0) is 4.79 Å². The molecule has 0 spiro atoms. The summed E-state index contributed by atoms with van der Waals surface area (Å²) < 4.78 is 5.06. The van der Waals surface area contributed by atoms with E-state index in [9.17, 15) is 9.59 Å². The molecule has 0 saturated carbocycles. The van der Waals surface area contributed by atoms with Gasteiger partial charge in [0.2, 0.25) is 5.91 Å². The Balaban J connectivity index is 1.89. The number of ether oxygens (including phenoxy) is 1. The quantitative estimate of drug-likeness (QED) is 0.799. The van der Waals surface area contributed by atoms with Crippen molar-refractivity contribution in [3.05, 3.63) is 40.6 Å². The van der Waals surface area contributed by atoms with Gasteiger partial charge in [-0.3, -0.25) is 4.79 Å². The molecular formula is C14H13NO4S2. The molecule has 21 heavy (non-hydrogen) atoms. The maximum atomic E-state index is 11.8. The fourth-order valence-electron chi connectivity index (χ4n) is 1.58. The highest BCUT2D eigenvalue weighted by molar-refractivity contribution is 8.00. The van der Waals surface area contributed by atoms with E-state index in [-0.39, 0.29) is 16.5 Å². The van der Waals surface area contributed by atoms with Crippen molar-refractivity contribution in [2.45, 2.75) is 4.90 Å². The Morgan fingerprint density at radius 1 is 1.29 bits per heavy atom. The SMILES string of the molecule is COc1ccc(SCC(=O)Nc2ccsc2C(=O)O)cc1. The van der Waals surface area contributed by atoms with Gasteiger partial charge in [0, 0.05) is 4.90 Å². The fourth-order valence-corrected chi connectivity index (χ4v) is 2.97. The van der Waals surface area contributed by atoms with Crippen molar-refractivity contribution in [2.24, 2.45) is 0 Å². The lowest BCUT2D eigenvalue weighted by molar-refractivity contribution is -0.113. The van der Waals surface area contributed by atoms with E-state index in [1.165, 1.54) is 11.8 Å². The van der Waals surface area contributed by atoms with Crippen LogP contribution < -0.4 is 10.1 Å². The van der Waals surface area contributed by atoms with Crippen LogP contribution in [0.2, 0.25) is 0 Å². The van der Waals surface area contributed by atoms with Crippen LogP contribution in [0.4, 0.5) is 5.69 Å². The molecule has 0 unspecified atom stereocenters. The highest BCUT2D eigenvalue weighted by Gasteiger charge is 2.13. The van der Waals surface area contributed by atoms with E-state index < -0.39 is 5.97 Å². The predicted molar refractivity (Wildman–Crippen MR) is 83.6 cm³/mol. The van der Waals surface area contributed by atoms with Crippen LogP contribution in [-0.4, -0.2) is 29.8 Å². The van der Waals surface area contributed by atoms with Crippen molar-refractivity contribution in [3.63, 3.8) is 0 Å². The Labute approximate surface area is 129 Å². The molecule has 1 heterocycles. The topological polar surface area (TPSA) is 75.6 Å². The lowest BCUT2D eigenvalue weighted by atomic mass is 10.3. The van der Waals surface area contributed by atoms with Gasteiger partial charge in [-0.2, -0.15) is 0 Å². The summed E-state index contributed by atoms with van der Waals surface area (Å²) in [5.74, 6) is -0.311. The second kappa shape index (κ2) is 7.14. The van der Waals surface area contributed by atoms with Gasteiger partial charge in [0.1, 0.15) is 10.6 Å². The molecule has 1 aromatic heterocycles. The van der Waals surface area contributed by atoms with E-state index in [0.717, 1.165) is 22.0 Å². The number of carboxylic acid groups (broad SMARTS) is 1. The number of benzene rings is 1. The number of methoxy groups -OCH3 is 1. The van der Waals surface area contributed by atoms with Crippen molar-refractivity contribution < 1.29 is 19.4 Å². The van der Waals surface area contributed by atoms with E-state index in [1.54, 1.807) is 18.6 Å². The van der Waals surface area contributed by atoms with Gasteiger partial charge in [-0.1, -0.05) is 0 Å². The number of carbonyl (C=O) groups excluding carboxylic acids is 1. The van der Waals surface area contributed by atoms with Gasteiger partial charge in [0.05, 0.1) is 18.6 Å². The molecule has 0 saturated heterocycles. The summed E-state index contributed by atoms with van der Waals surface area (Å²) in [6.07, 6.45) is 0. The van der Waals surface area contributed by atoms with Crippen LogP contribution in [0.25, 0.3) is 0 Å². The number of hydrogen-bond donors (Lipinski definition) is 2. The summed E-state index contributed by atoms with van der Waals surface area (Å²) in [7, 11) is 1.59. The first-order valence-electron chi connectivity index (χ1n) is 5.97. The first-order chi connectivity index (χ1) is 10.1. The summed E-state index contributed by atoms with van der Waals surface area (Å²) in [4.78, 5) is 23.9. The molecule has 2 aromatic rings. The maximum Gasteiger partial charge on any atom is 0.348 e. The van der Waals surface area contributed by atoms with E-state index in [2.05, 4.69) is 5.32 Å². The minimum Gasteiger partial charge on any atom is -0.497 e. The van der Waals surface area contributed by atoms with Gasteiger partial charge >= 0.3 is 5.97 Å². The lowest BCUT2D eigenvalue weighted by Gasteiger charge is -2.05. The molecule has 2 rings (SSSR count). The zero-order valence-corrected chi connectivity index (χ0v) is 12.8. The summed E-state index contributed by atoms with van der Waals surface area (Å²) in [6, 6.07) is 8.96. The summed E-state index contributed by atoms with van der Waals surface area (Å²) in [5.41, 5.74) is 0.341. The monoisotopic (exact) mass is 323 g/mol. The van der Waals surface area contributed by atoms with Crippen molar-refractivity contribution in [1.29, 1.82) is 0 Å². The first-order valence-corrected chi connectivity index (χ1v) is 7.84. The molecule has 0 bridgehead atoms. The molecule has 1 amide bonds. The molecule has 5 nitrogen and oxygen atoms in total. The third-order valence-electron chi connectivity index (χ3n) is 2.56. The zero-order chi connectivity index (χ0) is 15.2. The number of rotatable bonds is 6. The lowest BCUT2D eigenvalue weighted by Crippen LogP contribution is -2.15. The Hall–Kier alpha value is -1.99. The number of amides is 1. The van der Waals surface area contributed by atoms with Crippen LogP contribution in [0.15, 0.2) is 40.6 Å². The number of carboxylic acids is 1. The Bertz CT molecular complexity index is 637. The third kappa shape index (κ3) is 4.24. The molecule has 0 aliphatic heterocycles. The zero-order valence-electron chi connectivity index (χ0n) is 11.2. The number of anilines is 1. The molecule has 0 aliphatic carbocycles.